The van der Waals surface area contributed by atoms with E-state index in [2.05, 4.69) is 11.9 Å². The molecule has 2 heteroatoms. The van der Waals surface area contributed by atoms with Crippen molar-refractivity contribution in [3.63, 3.8) is 0 Å². The maximum atomic E-state index is 10.0. The maximum absolute atomic E-state index is 10.0. The first-order valence-electron chi connectivity index (χ1n) is 4.93. The highest BCUT2D eigenvalue weighted by Gasteiger charge is 2.37. The van der Waals surface area contributed by atoms with Gasteiger partial charge in [-0.25, -0.2) is 0 Å². The van der Waals surface area contributed by atoms with Gasteiger partial charge in [0.15, 0.2) is 0 Å². The summed E-state index contributed by atoms with van der Waals surface area (Å²) in [7, 11) is 0. The molecule has 1 heterocycles. The SMILES string of the molecule is CCc1cccc(C2(O)CCC2)n1. The third-order valence-corrected chi connectivity index (χ3v) is 2.83. The zero-order valence-corrected chi connectivity index (χ0v) is 7.95. The first-order chi connectivity index (χ1) is 6.24. The minimum atomic E-state index is -0.606. The van der Waals surface area contributed by atoms with Crippen molar-refractivity contribution < 1.29 is 5.11 Å². The first kappa shape index (κ1) is 8.70. The molecule has 0 atom stereocenters. The molecule has 1 N–H and O–H groups in total. The van der Waals surface area contributed by atoms with E-state index in [4.69, 9.17) is 0 Å². The standard InChI is InChI=1S/C11H15NO/c1-2-9-5-3-6-10(12-9)11(13)7-4-8-11/h3,5-6,13H,2,4,7-8H2,1H3. The molecule has 0 spiro atoms. The molecule has 2 nitrogen and oxygen atoms in total. The lowest BCUT2D eigenvalue weighted by molar-refractivity contribution is -0.0427. The van der Waals surface area contributed by atoms with Gasteiger partial charge in [0.2, 0.25) is 0 Å². The number of nitrogens with zero attached hydrogens (tertiary/aromatic N) is 1. The van der Waals surface area contributed by atoms with Gasteiger partial charge in [0, 0.05) is 5.69 Å². The van der Waals surface area contributed by atoms with Gasteiger partial charge < -0.3 is 5.11 Å². The Bertz CT molecular complexity index is 305. The Morgan fingerprint density at radius 3 is 2.77 bits per heavy atom. The quantitative estimate of drug-likeness (QED) is 0.749. The van der Waals surface area contributed by atoms with Crippen molar-refractivity contribution in [2.45, 2.75) is 38.2 Å². The van der Waals surface area contributed by atoms with Gasteiger partial charge in [-0.1, -0.05) is 13.0 Å². The Kier molecular flexibility index (Phi) is 2.08. The van der Waals surface area contributed by atoms with E-state index < -0.39 is 5.60 Å². The number of hydrogen-bond donors (Lipinski definition) is 1. The molecule has 2 rings (SSSR count). The van der Waals surface area contributed by atoms with E-state index in [-0.39, 0.29) is 0 Å². The third kappa shape index (κ3) is 1.46. The summed E-state index contributed by atoms with van der Waals surface area (Å²) in [5.74, 6) is 0. The van der Waals surface area contributed by atoms with Gasteiger partial charge in [0.25, 0.3) is 0 Å². The summed E-state index contributed by atoms with van der Waals surface area (Å²) in [4.78, 5) is 4.44. The smallest absolute Gasteiger partial charge is 0.106 e. The molecular formula is C11H15NO. The highest BCUT2D eigenvalue weighted by Crippen LogP contribution is 2.39. The van der Waals surface area contributed by atoms with E-state index in [9.17, 15) is 5.11 Å². The van der Waals surface area contributed by atoms with Gasteiger partial charge in [0.05, 0.1) is 5.69 Å². The normalized spacial score (nSPS) is 19.5. The van der Waals surface area contributed by atoms with Gasteiger partial charge >= 0.3 is 0 Å². The molecule has 0 unspecified atom stereocenters. The fraction of sp³-hybridized carbons (Fsp3) is 0.545. The van der Waals surface area contributed by atoms with Crippen LogP contribution in [0.25, 0.3) is 0 Å². The average Bonchev–Trinajstić information content (AvgIpc) is 2.14. The van der Waals surface area contributed by atoms with Crippen molar-refractivity contribution in [3.8, 4) is 0 Å². The van der Waals surface area contributed by atoms with Gasteiger partial charge in [0.1, 0.15) is 5.60 Å². The Balaban J connectivity index is 2.29. The molecule has 1 fully saturated rings. The summed E-state index contributed by atoms with van der Waals surface area (Å²) < 4.78 is 0. The zero-order valence-electron chi connectivity index (χ0n) is 7.95. The molecular weight excluding hydrogens is 162 g/mol. The van der Waals surface area contributed by atoms with Crippen LogP contribution in [0.3, 0.4) is 0 Å². The second kappa shape index (κ2) is 3.11. The Labute approximate surface area is 78.6 Å². The van der Waals surface area contributed by atoms with Crippen LogP contribution >= 0.6 is 0 Å². The van der Waals surface area contributed by atoms with Gasteiger partial charge in [-0.05, 0) is 37.8 Å². The molecule has 1 aromatic heterocycles. The fourth-order valence-corrected chi connectivity index (χ4v) is 1.70. The van der Waals surface area contributed by atoms with Gasteiger partial charge in [-0.3, -0.25) is 4.98 Å². The lowest BCUT2D eigenvalue weighted by Crippen LogP contribution is -2.34. The molecule has 0 aliphatic heterocycles. The van der Waals surface area contributed by atoms with Crippen molar-refractivity contribution in [2.24, 2.45) is 0 Å². The molecule has 0 amide bonds. The summed E-state index contributed by atoms with van der Waals surface area (Å²) in [5.41, 5.74) is 1.32. The lowest BCUT2D eigenvalue weighted by atomic mass is 9.77. The van der Waals surface area contributed by atoms with Crippen LogP contribution in [0.15, 0.2) is 18.2 Å². The Hall–Kier alpha value is -0.890. The van der Waals surface area contributed by atoms with Crippen molar-refractivity contribution >= 4 is 0 Å². The largest absolute Gasteiger partial charge is 0.384 e. The number of aryl methyl sites for hydroxylation is 1. The first-order valence-corrected chi connectivity index (χ1v) is 4.93. The van der Waals surface area contributed by atoms with E-state index in [1.165, 1.54) is 0 Å². The molecule has 1 saturated carbocycles. The summed E-state index contributed by atoms with van der Waals surface area (Å²) >= 11 is 0. The topological polar surface area (TPSA) is 33.1 Å². The minimum Gasteiger partial charge on any atom is -0.384 e. The molecule has 13 heavy (non-hydrogen) atoms. The number of rotatable bonds is 2. The zero-order chi connectivity index (χ0) is 9.31. The summed E-state index contributed by atoms with van der Waals surface area (Å²) in [6, 6.07) is 5.92. The predicted octanol–water partition coefficient (Wildman–Crippen LogP) is 2.02. The summed E-state index contributed by atoms with van der Waals surface area (Å²) in [5, 5.41) is 10.0. The van der Waals surface area contributed by atoms with Crippen LogP contribution < -0.4 is 0 Å². The summed E-state index contributed by atoms with van der Waals surface area (Å²) in [6.45, 7) is 2.08. The molecule has 1 aliphatic carbocycles. The molecule has 1 aromatic rings. The van der Waals surface area contributed by atoms with Gasteiger partial charge in [-0.15, -0.1) is 0 Å². The number of aromatic nitrogens is 1. The van der Waals surface area contributed by atoms with Crippen molar-refractivity contribution in [2.75, 3.05) is 0 Å². The van der Waals surface area contributed by atoms with E-state index >= 15 is 0 Å². The second-order valence-corrected chi connectivity index (χ2v) is 3.75. The van der Waals surface area contributed by atoms with E-state index in [0.717, 1.165) is 37.1 Å². The van der Waals surface area contributed by atoms with Crippen LogP contribution in [0.1, 0.15) is 37.6 Å². The number of aliphatic hydroxyl groups is 1. The van der Waals surface area contributed by atoms with Crippen molar-refractivity contribution in [1.82, 2.24) is 4.98 Å². The van der Waals surface area contributed by atoms with Crippen LogP contribution in [0.4, 0.5) is 0 Å². The average molecular weight is 177 g/mol. The van der Waals surface area contributed by atoms with Crippen molar-refractivity contribution in [1.29, 1.82) is 0 Å². The molecule has 70 valence electrons. The van der Waals surface area contributed by atoms with Crippen LogP contribution in [-0.2, 0) is 12.0 Å². The molecule has 0 bridgehead atoms. The molecule has 0 saturated heterocycles. The second-order valence-electron chi connectivity index (χ2n) is 3.75. The van der Waals surface area contributed by atoms with Crippen LogP contribution in [0, 0.1) is 0 Å². The van der Waals surface area contributed by atoms with Crippen LogP contribution in [0.2, 0.25) is 0 Å². The predicted molar refractivity (Wildman–Crippen MR) is 51.4 cm³/mol. The summed E-state index contributed by atoms with van der Waals surface area (Å²) in [6.07, 6.45) is 3.79. The maximum Gasteiger partial charge on any atom is 0.106 e. The fourth-order valence-electron chi connectivity index (χ4n) is 1.70. The van der Waals surface area contributed by atoms with Crippen LogP contribution in [-0.4, -0.2) is 10.1 Å². The molecule has 0 radical (unpaired) electrons. The third-order valence-electron chi connectivity index (χ3n) is 2.83. The van der Waals surface area contributed by atoms with Gasteiger partial charge in [-0.2, -0.15) is 0 Å². The molecule has 1 aliphatic rings. The Morgan fingerprint density at radius 2 is 2.23 bits per heavy atom. The number of hydrogen-bond acceptors (Lipinski definition) is 2. The number of pyridine rings is 1. The molecule has 0 aromatic carbocycles. The highest BCUT2D eigenvalue weighted by atomic mass is 16.3. The van der Waals surface area contributed by atoms with Crippen LogP contribution in [0.5, 0.6) is 0 Å². The van der Waals surface area contributed by atoms with E-state index in [0.29, 0.717) is 0 Å². The van der Waals surface area contributed by atoms with E-state index in [1.54, 1.807) is 0 Å². The minimum absolute atomic E-state index is 0.606. The highest BCUT2D eigenvalue weighted by molar-refractivity contribution is 5.19. The lowest BCUT2D eigenvalue weighted by Gasteiger charge is -2.36. The Morgan fingerprint density at radius 1 is 1.46 bits per heavy atom. The van der Waals surface area contributed by atoms with Crippen molar-refractivity contribution in [3.05, 3.63) is 29.6 Å². The van der Waals surface area contributed by atoms with E-state index in [1.807, 2.05) is 18.2 Å². The monoisotopic (exact) mass is 177 g/mol.